The minimum Gasteiger partial charge on any atom is -0.494 e. The number of hydrogen-bond acceptors (Lipinski definition) is 4. The molecule has 0 saturated heterocycles. The van der Waals surface area contributed by atoms with Crippen LogP contribution in [0.2, 0.25) is 0 Å². The first kappa shape index (κ1) is 19.5. The van der Waals surface area contributed by atoms with Gasteiger partial charge in [0, 0.05) is 18.3 Å². The van der Waals surface area contributed by atoms with Gasteiger partial charge in [-0.05, 0) is 54.0 Å². The molecular weight excluding hydrogens is 360 g/mol. The molecule has 0 saturated carbocycles. The Labute approximate surface area is 162 Å². The molecule has 3 rings (SSSR count). The fourth-order valence-electron chi connectivity index (χ4n) is 3.25. The number of hydrogen-bond donors (Lipinski definition) is 2. The second-order valence-corrected chi connectivity index (χ2v) is 9.66. The lowest BCUT2D eigenvalue weighted by molar-refractivity contribution is 0.417. The van der Waals surface area contributed by atoms with Crippen LogP contribution in [0.25, 0.3) is 0 Å². The lowest BCUT2D eigenvalue weighted by Crippen LogP contribution is -2.15. The average molecular weight is 389 g/mol. The predicted octanol–water partition coefficient (Wildman–Crippen LogP) is 4.54. The quantitative estimate of drug-likeness (QED) is 0.807. The van der Waals surface area contributed by atoms with Gasteiger partial charge in [-0.25, -0.2) is 8.42 Å². The second kappa shape index (κ2) is 7.43. The summed E-state index contributed by atoms with van der Waals surface area (Å²) < 4.78 is 33.9. The van der Waals surface area contributed by atoms with Gasteiger partial charge in [-0.2, -0.15) is 0 Å². The molecule has 0 amide bonds. The van der Waals surface area contributed by atoms with E-state index in [0.717, 1.165) is 42.6 Å². The van der Waals surface area contributed by atoms with Gasteiger partial charge in [0.1, 0.15) is 5.75 Å². The number of methoxy groups -OCH3 is 1. The summed E-state index contributed by atoms with van der Waals surface area (Å²) >= 11 is 0. The van der Waals surface area contributed by atoms with Crippen molar-refractivity contribution in [2.45, 2.75) is 50.3 Å². The number of fused-ring (bicyclic) bond motifs is 1. The third-order valence-corrected chi connectivity index (χ3v) is 6.27. The topological polar surface area (TPSA) is 67.4 Å². The molecule has 0 unspecified atom stereocenters. The largest absolute Gasteiger partial charge is 0.494 e. The Hall–Kier alpha value is -2.21. The molecule has 0 radical (unpaired) electrons. The number of benzene rings is 2. The molecule has 0 bridgehead atoms. The summed E-state index contributed by atoms with van der Waals surface area (Å²) in [6.45, 7) is 7.22. The van der Waals surface area contributed by atoms with Crippen molar-refractivity contribution in [1.82, 2.24) is 0 Å². The Bertz CT molecular complexity index is 914. The van der Waals surface area contributed by atoms with Crippen LogP contribution in [-0.2, 0) is 21.9 Å². The average Bonchev–Trinajstić information content (AvgIpc) is 2.85. The van der Waals surface area contributed by atoms with Crippen molar-refractivity contribution >= 4 is 21.4 Å². The highest BCUT2D eigenvalue weighted by Crippen LogP contribution is 2.35. The van der Waals surface area contributed by atoms with Gasteiger partial charge in [0.2, 0.25) is 0 Å². The van der Waals surface area contributed by atoms with Crippen molar-refractivity contribution < 1.29 is 13.2 Å². The molecule has 0 aromatic heterocycles. The van der Waals surface area contributed by atoms with Crippen LogP contribution in [0, 0.1) is 0 Å². The Morgan fingerprint density at radius 1 is 1.07 bits per heavy atom. The first-order chi connectivity index (χ1) is 12.7. The summed E-state index contributed by atoms with van der Waals surface area (Å²) in [6, 6.07) is 10.8. The van der Waals surface area contributed by atoms with Gasteiger partial charge in [-0.1, -0.05) is 32.9 Å². The molecule has 0 atom stereocenters. The zero-order valence-corrected chi connectivity index (χ0v) is 17.2. The Morgan fingerprint density at radius 3 is 2.41 bits per heavy atom. The highest BCUT2D eigenvalue weighted by molar-refractivity contribution is 7.92. The molecule has 146 valence electrons. The van der Waals surface area contributed by atoms with Gasteiger partial charge in [-0.3, -0.25) is 4.72 Å². The molecule has 0 aliphatic carbocycles. The fourth-order valence-corrected chi connectivity index (χ4v) is 4.31. The lowest BCUT2D eigenvalue weighted by Gasteiger charge is -2.19. The van der Waals surface area contributed by atoms with E-state index in [1.165, 1.54) is 0 Å². The van der Waals surface area contributed by atoms with Crippen LogP contribution in [-0.4, -0.2) is 22.1 Å². The van der Waals surface area contributed by atoms with E-state index in [2.05, 4.69) is 30.8 Å². The van der Waals surface area contributed by atoms with Crippen LogP contribution in [0.15, 0.2) is 41.3 Å². The highest BCUT2D eigenvalue weighted by atomic mass is 32.2. The van der Waals surface area contributed by atoms with Gasteiger partial charge in [-0.15, -0.1) is 0 Å². The monoisotopic (exact) mass is 388 g/mol. The van der Waals surface area contributed by atoms with E-state index in [1.54, 1.807) is 19.2 Å². The van der Waals surface area contributed by atoms with Crippen molar-refractivity contribution in [2.24, 2.45) is 0 Å². The van der Waals surface area contributed by atoms with Crippen molar-refractivity contribution in [3.63, 3.8) is 0 Å². The summed E-state index contributed by atoms with van der Waals surface area (Å²) in [5, 5.41) is 3.38. The molecule has 2 N–H and O–H groups in total. The van der Waals surface area contributed by atoms with Crippen LogP contribution in [0.3, 0.4) is 0 Å². The van der Waals surface area contributed by atoms with Gasteiger partial charge in [0.25, 0.3) is 10.0 Å². The van der Waals surface area contributed by atoms with Crippen molar-refractivity contribution in [3.05, 3.63) is 47.5 Å². The Morgan fingerprint density at radius 2 is 1.78 bits per heavy atom. The van der Waals surface area contributed by atoms with Crippen LogP contribution in [0.5, 0.6) is 5.75 Å². The summed E-state index contributed by atoms with van der Waals surface area (Å²) in [5.74, 6) is 0.512. The molecule has 5 nitrogen and oxygen atoms in total. The van der Waals surface area contributed by atoms with Gasteiger partial charge in [0.05, 0.1) is 17.7 Å². The Balaban J connectivity index is 1.92. The number of aryl methyl sites for hydroxylation is 1. The third kappa shape index (κ3) is 4.38. The summed E-state index contributed by atoms with van der Waals surface area (Å²) in [7, 11) is -2.14. The van der Waals surface area contributed by atoms with Crippen LogP contribution >= 0.6 is 0 Å². The van der Waals surface area contributed by atoms with E-state index in [0.29, 0.717) is 11.4 Å². The molecule has 0 spiro atoms. The van der Waals surface area contributed by atoms with Crippen molar-refractivity contribution in [1.29, 1.82) is 0 Å². The molecule has 1 aliphatic rings. The van der Waals surface area contributed by atoms with Crippen molar-refractivity contribution in [3.8, 4) is 5.75 Å². The SMILES string of the molecule is COc1cc2c(cc1NS(=O)(=O)c1ccc(C(C)(C)C)cc1)CCCCN2. The van der Waals surface area contributed by atoms with Crippen molar-refractivity contribution in [2.75, 3.05) is 23.7 Å². The number of ether oxygens (including phenoxy) is 1. The standard InChI is InChI=1S/C21H28N2O3S/c1-21(2,3)16-8-10-17(11-9-16)27(24,25)23-19-13-15-7-5-6-12-22-18(15)14-20(19)26-4/h8-11,13-14,22-23H,5-7,12H2,1-4H3. The molecule has 2 aromatic carbocycles. The van der Waals surface area contributed by atoms with E-state index >= 15 is 0 Å². The minimum atomic E-state index is -3.69. The normalized spacial score (nSPS) is 14.7. The summed E-state index contributed by atoms with van der Waals surface area (Å²) in [5.41, 5.74) is 3.66. The molecule has 27 heavy (non-hydrogen) atoms. The second-order valence-electron chi connectivity index (χ2n) is 7.97. The molecule has 1 aliphatic heterocycles. The molecule has 2 aromatic rings. The van der Waals surface area contributed by atoms with E-state index in [4.69, 9.17) is 4.74 Å². The van der Waals surface area contributed by atoms with Crippen LogP contribution in [0.1, 0.15) is 44.7 Å². The number of anilines is 2. The smallest absolute Gasteiger partial charge is 0.262 e. The number of rotatable bonds is 4. The maximum atomic E-state index is 12.9. The summed E-state index contributed by atoms with van der Waals surface area (Å²) in [4.78, 5) is 0.241. The predicted molar refractivity (Wildman–Crippen MR) is 110 cm³/mol. The maximum Gasteiger partial charge on any atom is 0.262 e. The van der Waals surface area contributed by atoms with Gasteiger partial charge in [0.15, 0.2) is 0 Å². The molecule has 0 fully saturated rings. The molecular formula is C21H28N2O3S. The zero-order chi connectivity index (χ0) is 19.7. The molecule has 1 heterocycles. The lowest BCUT2D eigenvalue weighted by atomic mass is 9.87. The van der Waals surface area contributed by atoms with E-state index in [-0.39, 0.29) is 10.3 Å². The minimum absolute atomic E-state index is 0.0249. The third-order valence-electron chi connectivity index (χ3n) is 4.89. The fraction of sp³-hybridized carbons (Fsp3) is 0.429. The first-order valence-corrected chi connectivity index (χ1v) is 10.8. The highest BCUT2D eigenvalue weighted by Gasteiger charge is 2.20. The van der Waals surface area contributed by atoms with Gasteiger partial charge < -0.3 is 10.1 Å². The number of nitrogens with one attached hydrogen (secondary N) is 2. The first-order valence-electron chi connectivity index (χ1n) is 9.29. The van der Waals surface area contributed by atoms with Gasteiger partial charge >= 0.3 is 0 Å². The van der Waals surface area contributed by atoms with E-state index in [9.17, 15) is 8.42 Å². The van der Waals surface area contributed by atoms with E-state index in [1.807, 2.05) is 24.3 Å². The van der Waals surface area contributed by atoms with E-state index < -0.39 is 10.0 Å². The number of sulfonamides is 1. The van der Waals surface area contributed by atoms with Crippen LogP contribution < -0.4 is 14.8 Å². The Kier molecular flexibility index (Phi) is 5.38. The zero-order valence-electron chi connectivity index (χ0n) is 16.4. The van der Waals surface area contributed by atoms with Crippen LogP contribution in [0.4, 0.5) is 11.4 Å². The summed E-state index contributed by atoms with van der Waals surface area (Å²) in [6.07, 6.45) is 3.09. The molecule has 6 heteroatoms. The maximum absolute atomic E-state index is 12.9.